The van der Waals surface area contributed by atoms with E-state index in [-0.39, 0.29) is 5.78 Å². The number of ether oxygens (including phenoxy) is 1. The van der Waals surface area contributed by atoms with Gasteiger partial charge < -0.3 is 4.74 Å². The molecule has 0 N–H and O–H groups in total. The van der Waals surface area contributed by atoms with Crippen LogP contribution in [0.5, 0.6) is 5.75 Å². The molecule has 0 radical (unpaired) electrons. The summed E-state index contributed by atoms with van der Waals surface area (Å²) in [4.78, 5) is 11.6. The Morgan fingerprint density at radius 1 is 1.38 bits per heavy atom. The fraction of sp³-hybridized carbons (Fsp3) is 0.500. The number of aryl methyl sites for hydroxylation is 1. The van der Waals surface area contributed by atoms with Gasteiger partial charge in [0.05, 0.1) is 13.3 Å². The first-order valence-corrected chi connectivity index (χ1v) is 5.52. The van der Waals surface area contributed by atoms with Crippen LogP contribution in [-0.2, 0) is 11.8 Å². The van der Waals surface area contributed by atoms with E-state index >= 15 is 0 Å². The number of rotatable bonds is 2. The molecule has 1 aliphatic rings. The van der Waals surface area contributed by atoms with Gasteiger partial charge in [-0.1, -0.05) is 0 Å². The highest BCUT2D eigenvalue weighted by atomic mass is 16.5. The largest absolute Gasteiger partial charge is 0.493 e. The molecule has 4 nitrogen and oxygen atoms in total. The van der Waals surface area contributed by atoms with Crippen LogP contribution in [0.25, 0.3) is 5.57 Å². The standard InChI is InChI=1S/C12H16N2O2/c1-14-12(11(16-2)8-13-14)9-5-3-4-6-10(15)7-9/h7-8H,3-6H2,1-2H3. The second-order valence-electron chi connectivity index (χ2n) is 4.03. The number of carbonyl (C=O) groups is 1. The van der Waals surface area contributed by atoms with Crippen molar-refractivity contribution in [1.29, 1.82) is 0 Å². The maximum absolute atomic E-state index is 11.6. The fourth-order valence-electron chi connectivity index (χ4n) is 2.07. The van der Waals surface area contributed by atoms with Crippen molar-refractivity contribution in [3.63, 3.8) is 0 Å². The fourth-order valence-corrected chi connectivity index (χ4v) is 2.07. The lowest BCUT2D eigenvalue weighted by atomic mass is 10.1. The van der Waals surface area contributed by atoms with Crippen molar-refractivity contribution in [2.24, 2.45) is 7.05 Å². The molecule has 1 aliphatic carbocycles. The molecule has 86 valence electrons. The van der Waals surface area contributed by atoms with Gasteiger partial charge in [0.2, 0.25) is 0 Å². The Hall–Kier alpha value is -1.58. The molecule has 1 aromatic rings. The third kappa shape index (κ3) is 2.01. The zero-order chi connectivity index (χ0) is 11.5. The Balaban J connectivity index is 2.41. The van der Waals surface area contributed by atoms with Crippen molar-refractivity contribution in [2.75, 3.05) is 7.11 Å². The quantitative estimate of drug-likeness (QED) is 0.765. The van der Waals surface area contributed by atoms with Crippen LogP contribution in [0.15, 0.2) is 12.3 Å². The highest BCUT2D eigenvalue weighted by molar-refractivity contribution is 5.97. The molecule has 0 fully saturated rings. The molecule has 0 aliphatic heterocycles. The van der Waals surface area contributed by atoms with Gasteiger partial charge in [-0.2, -0.15) is 5.10 Å². The summed E-state index contributed by atoms with van der Waals surface area (Å²) in [6.07, 6.45) is 7.02. The Bertz CT molecular complexity index is 432. The third-order valence-corrected chi connectivity index (χ3v) is 2.88. The number of allylic oxidation sites excluding steroid dienone is 2. The van der Waals surface area contributed by atoms with Gasteiger partial charge in [0.15, 0.2) is 11.5 Å². The maximum atomic E-state index is 11.6. The van der Waals surface area contributed by atoms with Gasteiger partial charge in [-0.15, -0.1) is 0 Å². The van der Waals surface area contributed by atoms with E-state index in [1.807, 2.05) is 7.05 Å². The molecular weight excluding hydrogens is 204 g/mol. The molecule has 1 aromatic heterocycles. The molecule has 0 aromatic carbocycles. The van der Waals surface area contributed by atoms with Gasteiger partial charge in [-0.3, -0.25) is 9.48 Å². The lowest BCUT2D eigenvalue weighted by molar-refractivity contribution is -0.114. The zero-order valence-corrected chi connectivity index (χ0v) is 9.69. The average molecular weight is 220 g/mol. The van der Waals surface area contributed by atoms with Crippen LogP contribution in [0.4, 0.5) is 0 Å². The smallest absolute Gasteiger partial charge is 0.164 e. The second-order valence-corrected chi connectivity index (χ2v) is 4.03. The zero-order valence-electron chi connectivity index (χ0n) is 9.69. The number of aromatic nitrogens is 2. The Morgan fingerprint density at radius 3 is 2.88 bits per heavy atom. The SMILES string of the molecule is COc1cnn(C)c1C1=CC(=O)CCCC1. The Labute approximate surface area is 94.9 Å². The summed E-state index contributed by atoms with van der Waals surface area (Å²) in [5.41, 5.74) is 1.97. The van der Waals surface area contributed by atoms with Crippen LogP contribution in [-0.4, -0.2) is 22.7 Å². The minimum atomic E-state index is 0.204. The van der Waals surface area contributed by atoms with Gasteiger partial charge in [0.1, 0.15) is 5.69 Å². The minimum Gasteiger partial charge on any atom is -0.493 e. The first kappa shape index (κ1) is 10.9. The van der Waals surface area contributed by atoms with Gasteiger partial charge in [0, 0.05) is 13.5 Å². The van der Waals surface area contributed by atoms with Gasteiger partial charge >= 0.3 is 0 Å². The monoisotopic (exact) mass is 220 g/mol. The molecule has 4 heteroatoms. The van der Waals surface area contributed by atoms with Crippen LogP contribution in [0, 0.1) is 0 Å². The van der Waals surface area contributed by atoms with Crippen molar-refractivity contribution >= 4 is 11.4 Å². The van der Waals surface area contributed by atoms with Crippen molar-refractivity contribution in [3.05, 3.63) is 18.0 Å². The molecule has 0 spiro atoms. The lowest BCUT2D eigenvalue weighted by Crippen LogP contribution is -2.00. The maximum Gasteiger partial charge on any atom is 0.164 e. The van der Waals surface area contributed by atoms with E-state index in [1.54, 1.807) is 24.1 Å². The predicted octanol–water partition coefficient (Wildman–Crippen LogP) is 1.96. The Kier molecular flexibility index (Phi) is 3.08. The molecule has 1 heterocycles. The van der Waals surface area contributed by atoms with E-state index < -0.39 is 0 Å². The summed E-state index contributed by atoms with van der Waals surface area (Å²) >= 11 is 0. The van der Waals surface area contributed by atoms with Crippen molar-refractivity contribution in [1.82, 2.24) is 9.78 Å². The summed E-state index contributed by atoms with van der Waals surface area (Å²) < 4.78 is 7.03. The molecule has 0 bridgehead atoms. The van der Waals surface area contributed by atoms with Gasteiger partial charge in [0.25, 0.3) is 0 Å². The van der Waals surface area contributed by atoms with E-state index in [0.717, 1.165) is 36.3 Å². The lowest BCUT2D eigenvalue weighted by Gasteiger charge is -2.08. The molecule has 2 rings (SSSR count). The number of carbonyl (C=O) groups excluding carboxylic acids is 1. The highest BCUT2D eigenvalue weighted by Gasteiger charge is 2.17. The average Bonchev–Trinajstić information content (AvgIpc) is 2.50. The first-order chi connectivity index (χ1) is 7.72. The number of nitrogens with zero attached hydrogens (tertiary/aromatic N) is 2. The van der Waals surface area contributed by atoms with E-state index in [1.165, 1.54) is 0 Å². The van der Waals surface area contributed by atoms with Crippen molar-refractivity contribution in [2.45, 2.75) is 25.7 Å². The summed E-state index contributed by atoms with van der Waals surface area (Å²) in [6.45, 7) is 0. The first-order valence-electron chi connectivity index (χ1n) is 5.52. The number of hydrogen-bond donors (Lipinski definition) is 0. The van der Waals surface area contributed by atoms with Gasteiger partial charge in [-0.05, 0) is 30.9 Å². The van der Waals surface area contributed by atoms with E-state index in [2.05, 4.69) is 5.10 Å². The van der Waals surface area contributed by atoms with Crippen LogP contribution >= 0.6 is 0 Å². The summed E-state index contributed by atoms with van der Waals surface area (Å²) in [5.74, 6) is 0.944. The topological polar surface area (TPSA) is 44.1 Å². The van der Waals surface area contributed by atoms with E-state index in [9.17, 15) is 4.79 Å². The second kappa shape index (κ2) is 4.51. The van der Waals surface area contributed by atoms with Crippen molar-refractivity contribution < 1.29 is 9.53 Å². The predicted molar refractivity (Wildman–Crippen MR) is 61.2 cm³/mol. The Morgan fingerprint density at radius 2 is 2.12 bits per heavy atom. The number of ketones is 1. The molecule has 16 heavy (non-hydrogen) atoms. The van der Waals surface area contributed by atoms with Crippen LogP contribution in [0.1, 0.15) is 31.4 Å². The summed E-state index contributed by atoms with van der Waals surface area (Å²) in [5, 5.41) is 4.16. The normalized spacial score (nSPS) is 16.9. The molecule has 0 saturated carbocycles. The van der Waals surface area contributed by atoms with Gasteiger partial charge in [-0.25, -0.2) is 0 Å². The van der Waals surface area contributed by atoms with E-state index in [0.29, 0.717) is 6.42 Å². The molecule has 0 amide bonds. The van der Waals surface area contributed by atoms with Crippen molar-refractivity contribution in [3.8, 4) is 5.75 Å². The van der Waals surface area contributed by atoms with E-state index in [4.69, 9.17) is 4.74 Å². The third-order valence-electron chi connectivity index (χ3n) is 2.88. The van der Waals surface area contributed by atoms with Crippen LogP contribution in [0.3, 0.4) is 0 Å². The molecule has 0 unspecified atom stereocenters. The molecule has 0 atom stereocenters. The molecule has 0 saturated heterocycles. The highest BCUT2D eigenvalue weighted by Crippen LogP contribution is 2.30. The van der Waals surface area contributed by atoms with Crippen LogP contribution < -0.4 is 4.74 Å². The summed E-state index contributed by atoms with van der Waals surface area (Å²) in [7, 11) is 3.49. The number of methoxy groups -OCH3 is 1. The molecular formula is C12H16N2O2. The summed E-state index contributed by atoms with van der Waals surface area (Å²) in [6, 6.07) is 0. The number of hydrogen-bond acceptors (Lipinski definition) is 3. The van der Waals surface area contributed by atoms with Crippen LogP contribution in [0.2, 0.25) is 0 Å². The minimum absolute atomic E-state index is 0.204.